The van der Waals surface area contributed by atoms with Gasteiger partial charge in [0, 0.05) is 12.6 Å². The minimum atomic E-state index is 0.542. The number of nitrogens with zero attached hydrogens (tertiary/aromatic N) is 1. The van der Waals surface area contributed by atoms with Gasteiger partial charge in [-0.25, -0.2) is 0 Å². The molecular formula is C11H24N2. The van der Waals surface area contributed by atoms with E-state index in [9.17, 15) is 0 Å². The van der Waals surface area contributed by atoms with Crippen LogP contribution in [0.4, 0.5) is 0 Å². The van der Waals surface area contributed by atoms with Gasteiger partial charge in [-0.05, 0) is 52.2 Å². The van der Waals surface area contributed by atoms with Crippen LogP contribution in [0.25, 0.3) is 0 Å². The van der Waals surface area contributed by atoms with Crippen molar-refractivity contribution >= 4 is 0 Å². The van der Waals surface area contributed by atoms with Gasteiger partial charge in [0.1, 0.15) is 0 Å². The summed E-state index contributed by atoms with van der Waals surface area (Å²) in [6, 6.07) is 0.721. The average Bonchev–Trinajstić information content (AvgIpc) is 2.05. The molecule has 13 heavy (non-hydrogen) atoms. The zero-order valence-electron chi connectivity index (χ0n) is 9.56. The molecule has 1 heterocycles. The smallest absolute Gasteiger partial charge is 0.00385 e. The fraction of sp³-hybridized carbons (Fsp3) is 1.00. The molecule has 0 aromatic heterocycles. The molecule has 2 nitrogen and oxygen atoms in total. The highest BCUT2D eigenvalue weighted by Crippen LogP contribution is 2.30. The van der Waals surface area contributed by atoms with Crippen molar-refractivity contribution in [2.24, 2.45) is 5.41 Å². The van der Waals surface area contributed by atoms with Crippen LogP contribution in [0.3, 0.4) is 0 Å². The molecule has 1 aliphatic rings. The Labute approximate surface area is 82.7 Å². The van der Waals surface area contributed by atoms with Gasteiger partial charge in [-0.1, -0.05) is 6.92 Å². The van der Waals surface area contributed by atoms with Crippen LogP contribution in [-0.2, 0) is 0 Å². The summed E-state index contributed by atoms with van der Waals surface area (Å²) in [6.07, 6.45) is 2.68. The van der Waals surface area contributed by atoms with Crippen LogP contribution in [0.5, 0.6) is 0 Å². The molecule has 1 N–H and O–H groups in total. The van der Waals surface area contributed by atoms with Crippen molar-refractivity contribution < 1.29 is 0 Å². The van der Waals surface area contributed by atoms with Crippen LogP contribution in [0.15, 0.2) is 0 Å². The summed E-state index contributed by atoms with van der Waals surface area (Å²) in [6.45, 7) is 10.7. The summed E-state index contributed by atoms with van der Waals surface area (Å²) in [7, 11) is 2.06. The molecule has 0 aromatic rings. The van der Waals surface area contributed by atoms with E-state index in [4.69, 9.17) is 0 Å². The normalized spacial score (nSPS) is 23.8. The summed E-state index contributed by atoms with van der Waals surface area (Å²) < 4.78 is 0. The second kappa shape index (κ2) is 4.43. The average molecular weight is 184 g/mol. The number of hydrogen-bond acceptors (Lipinski definition) is 2. The van der Waals surface area contributed by atoms with E-state index < -0.39 is 0 Å². The van der Waals surface area contributed by atoms with Gasteiger partial charge in [-0.3, -0.25) is 0 Å². The number of hydrogen-bond donors (Lipinski definition) is 1. The van der Waals surface area contributed by atoms with Gasteiger partial charge in [0.25, 0.3) is 0 Å². The third-order valence-electron chi connectivity index (χ3n) is 3.34. The van der Waals surface area contributed by atoms with E-state index in [1.54, 1.807) is 0 Å². The topological polar surface area (TPSA) is 15.3 Å². The molecule has 1 aliphatic heterocycles. The van der Waals surface area contributed by atoms with Crippen molar-refractivity contribution in [3.8, 4) is 0 Å². The Hall–Kier alpha value is -0.0800. The first-order chi connectivity index (χ1) is 6.07. The molecule has 2 heteroatoms. The van der Waals surface area contributed by atoms with E-state index >= 15 is 0 Å². The molecule has 0 aliphatic carbocycles. The molecule has 0 radical (unpaired) electrons. The van der Waals surface area contributed by atoms with Gasteiger partial charge in [0.2, 0.25) is 0 Å². The van der Waals surface area contributed by atoms with Crippen molar-refractivity contribution in [2.75, 3.05) is 26.7 Å². The number of nitrogens with one attached hydrogen (secondary N) is 1. The van der Waals surface area contributed by atoms with E-state index in [1.165, 1.54) is 32.5 Å². The molecule has 1 rings (SSSR count). The van der Waals surface area contributed by atoms with Crippen LogP contribution in [0.1, 0.15) is 33.6 Å². The second-order valence-corrected chi connectivity index (χ2v) is 4.97. The van der Waals surface area contributed by atoms with Gasteiger partial charge in [-0.15, -0.1) is 0 Å². The van der Waals surface area contributed by atoms with Gasteiger partial charge in [0.15, 0.2) is 0 Å². The Morgan fingerprint density at radius 3 is 2.23 bits per heavy atom. The summed E-state index contributed by atoms with van der Waals surface area (Å²) in [5.74, 6) is 0. The monoisotopic (exact) mass is 184 g/mol. The molecule has 0 atom stereocenters. The molecule has 0 bridgehead atoms. The van der Waals surface area contributed by atoms with Crippen molar-refractivity contribution in [3.63, 3.8) is 0 Å². The van der Waals surface area contributed by atoms with E-state index in [0.29, 0.717) is 5.41 Å². The Morgan fingerprint density at radius 2 is 1.85 bits per heavy atom. The number of piperidine rings is 1. The maximum Gasteiger partial charge on any atom is 0.00385 e. The zero-order valence-corrected chi connectivity index (χ0v) is 9.56. The van der Waals surface area contributed by atoms with E-state index in [1.807, 2.05) is 0 Å². The minimum absolute atomic E-state index is 0.542. The van der Waals surface area contributed by atoms with Gasteiger partial charge < -0.3 is 10.2 Å². The fourth-order valence-electron chi connectivity index (χ4n) is 2.18. The molecule has 78 valence electrons. The SMILES string of the molecule is CNCC1(C)CCN(C(C)C)CC1. The third kappa shape index (κ3) is 2.96. The number of likely N-dealkylation sites (tertiary alicyclic amines) is 1. The van der Waals surface area contributed by atoms with E-state index in [-0.39, 0.29) is 0 Å². The van der Waals surface area contributed by atoms with E-state index in [0.717, 1.165) is 6.04 Å². The molecule has 0 aromatic carbocycles. The molecule has 0 amide bonds. The van der Waals surface area contributed by atoms with Crippen LogP contribution < -0.4 is 5.32 Å². The van der Waals surface area contributed by atoms with Crippen LogP contribution >= 0.6 is 0 Å². The lowest BCUT2D eigenvalue weighted by Gasteiger charge is -2.41. The Bertz CT molecular complexity index is 146. The van der Waals surface area contributed by atoms with Crippen molar-refractivity contribution in [3.05, 3.63) is 0 Å². The third-order valence-corrected chi connectivity index (χ3v) is 3.34. The van der Waals surface area contributed by atoms with Crippen LogP contribution in [-0.4, -0.2) is 37.6 Å². The molecule has 0 spiro atoms. The van der Waals surface area contributed by atoms with Crippen LogP contribution in [0, 0.1) is 5.41 Å². The molecule has 1 fully saturated rings. The Kier molecular flexibility index (Phi) is 3.74. The van der Waals surface area contributed by atoms with Crippen molar-refractivity contribution in [1.82, 2.24) is 10.2 Å². The second-order valence-electron chi connectivity index (χ2n) is 4.97. The van der Waals surface area contributed by atoms with Gasteiger partial charge >= 0.3 is 0 Å². The predicted octanol–water partition coefficient (Wildman–Crippen LogP) is 1.72. The van der Waals surface area contributed by atoms with Gasteiger partial charge in [0.05, 0.1) is 0 Å². The standard InChI is InChI=1S/C11H24N2/c1-10(2)13-7-5-11(3,6-8-13)9-12-4/h10,12H,5-9H2,1-4H3. The summed E-state index contributed by atoms with van der Waals surface area (Å²) in [4.78, 5) is 2.58. The minimum Gasteiger partial charge on any atom is -0.319 e. The fourth-order valence-corrected chi connectivity index (χ4v) is 2.18. The lowest BCUT2D eigenvalue weighted by Crippen LogP contribution is -2.45. The first kappa shape index (κ1) is 11.0. The van der Waals surface area contributed by atoms with Crippen molar-refractivity contribution in [2.45, 2.75) is 39.7 Å². The molecule has 0 saturated carbocycles. The lowest BCUT2D eigenvalue weighted by atomic mass is 9.80. The Balaban J connectivity index is 2.37. The maximum absolute atomic E-state index is 3.30. The summed E-state index contributed by atoms with van der Waals surface area (Å²) >= 11 is 0. The highest BCUT2D eigenvalue weighted by Gasteiger charge is 2.29. The molecule has 0 unspecified atom stereocenters. The zero-order chi connectivity index (χ0) is 9.90. The Morgan fingerprint density at radius 1 is 1.31 bits per heavy atom. The lowest BCUT2D eigenvalue weighted by molar-refractivity contribution is 0.0957. The van der Waals surface area contributed by atoms with Gasteiger partial charge in [-0.2, -0.15) is 0 Å². The first-order valence-corrected chi connectivity index (χ1v) is 5.46. The highest BCUT2D eigenvalue weighted by atomic mass is 15.2. The molecular weight excluding hydrogens is 160 g/mol. The molecule has 1 saturated heterocycles. The highest BCUT2D eigenvalue weighted by molar-refractivity contribution is 4.84. The first-order valence-electron chi connectivity index (χ1n) is 5.46. The number of rotatable bonds is 3. The van der Waals surface area contributed by atoms with Crippen LogP contribution in [0.2, 0.25) is 0 Å². The quantitative estimate of drug-likeness (QED) is 0.718. The van der Waals surface area contributed by atoms with Crippen molar-refractivity contribution in [1.29, 1.82) is 0 Å². The largest absolute Gasteiger partial charge is 0.319 e. The summed E-state index contributed by atoms with van der Waals surface area (Å²) in [5, 5.41) is 3.30. The van der Waals surface area contributed by atoms with E-state index in [2.05, 4.69) is 38.0 Å². The maximum atomic E-state index is 3.30. The predicted molar refractivity (Wildman–Crippen MR) is 58.0 cm³/mol. The summed E-state index contributed by atoms with van der Waals surface area (Å²) in [5.41, 5.74) is 0.542.